The van der Waals surface area contributed by atoms with Gasteiger partial charge in [-0.1, -0.05) is 78.3 Å². The third-order valence-electron chi connectivity index (χ3n) is 6.08. The summed E-state index contributed by atoms with van der Waals surface area (Å²) in [4.78, 5) is 6.12. The van der Waals surface area contributed by atoms with Gasteiger partial charge in [-0.15, -0.1) is 0 Å². The van der Waals surface area contributed by atoms with Crippen molar-refractivity contribution in [3.8, 4) is 0 Å². The lowest BCUT2D eigenvalue weighted by atomic mass is 10.0. The first-order valence-corrected chi connectivity index (χ1v) is 14.6. The van der Waals surface area contributed by atoms with Crippen molar-refractivity contribution in [3.63, 3.8) is 0 Å². The molecule has 9 heteroatoms. The predicted molar refractivity (Wildman–Crippen MR) is 139 cm³/mol. The van der Waals surface area contributed by atoms with Crippen molar-refractivity contribution < 1.29 is 21.7 Å². The normalized spacial score (nSPS) is 20.4. The summed E-state index contributed by atoms with van der Waals surface area (Å²) in [5.41, 5.74) is -0.624. The molecule has 1 aliphatic heterocycles. The summed E-state index contributed by atoms with van der Waals surface area (Å²) in [6.07, 6.45) is 0. The highest BCUT2D eigenvalue weighted by Crippen LogP contribution is 2.46. The first-order valence-electron chi connectivity index (χ1n) is 11.1. The number of hydrogen-bond acceptors (Lipinski definition) is 6. The molecule has 0 saturated carbocycles. The van der Waals surface area contributed by atoms with E-state index in [0.717, 1.165) is 0 Å². The average molecular weight is 540 g/mol. The van der Waals surface area contributed by atoms with Crippen LogP contribution in [0.25, 0.3) is 0 Å². The quantitative estimate of drug-likeness (QED) is 0.323. The van der Waals surface area contributed by atoms with E-state index in [1.54, 1.807) is 84.9 Å². The zero-order valence-electron chi connectivity index (χ0n) is 18.9. The fourth-order valence-electron chi connectivity index (χ4n) is 4.37. The van der Waals surface area contributed by atoms with Gasteiger partial charge in [0.1, 0.15) is 11.3 Å². The lowest BCUT2D eigenvalue weighted by Crippen LogP contribution is -2.39. The van der Waals surface area contributed by atoms with Gasteiger partial charge in [0.15, 0.2) is 9.84 Å². The van der Waals surface area contributed by atoms with Crippen LogP contribution >= 0.6 is 11.6 Å². The molecule has 0 aromatic heterocycles. The molecule has 1 aliphatic rings. The Morgan fingerprint density at radius 3 is 1.61 bits per heavy atom. The minimum Gasteiger partial charge on any atom is -0.251 e. The zero-order chi connectivity index (χ0) is 25.3. The van der Waals surface area contributed by atoms with E-state index in [9.17, 15) is 16.8 Å². The molecule has 1 saturated heterocycles. The lowest BCUT2D eigenvalue weighted by Gasteiger charge is -2.27. The van der Waals surface area contributed by atoms with E-state index in [2.05, 4.69) is 0 Å². The second kappa shape index (κ2) is 9.71. The van der Waals surface area contributed by atoms with Gasteiger partial charge in [-0.3, -0.25) is 4.84 Å². The second-order valence-corrected chi connectivity index (χ2v) is 12.9. The predicted octanol–water partition coefficient (Wildman–Crippen LogP) is 5.48. The van der Waals surface area contributed by atoms with Gasteiger partial charge in [-0.2, -0.15) is 0 Å². The highest BCUT2D eigenvalue weighted by atomic mass is 35.5. The van der Waals surface area contributed by atoms with Crippen molar-refractivity contribution in [3.05, 3.63) is 126 Å². The largest absolute Gasteiger partial charge is 0.251 e. The van der Waals surface area contributed by atoms with E-state index in [-0.39, 0.29) is 9.79 Å². The van der Waals surface area contributed by atoms with Gasteiger partial charge >= 0.3 is 0 Å². The van der Waals surface area contributed by atoms with Crippen LogP contribution in [0.3, 0.4) is 0 Å². The molecule has 4 aromatic carbocycles. The maximum Gasteiger partial charge on any atom is 0.210 e. The number of rotatable bonds is 6. The van der Waals surface area contributed by atoms with Crippen LogP contribution in [0.2, 0.25) is 5.02 Å². The number of nitrogens with zero attached hydrogens (tertiary/aromatic N) is 1. The Balaban J connectivity index is 1.76. The standard InChI is InChI=1S/C27H22ClNO5S2/c28-21-16-18-22(19-17-21)29-25(20-10-4-1-5-11-20)26(35(30,31)23-12-6-2-7-13-23)27(34-29)36(32,33)24-14-8-3-9-15-24/h1-19,25-27H/t25-,26-,27+/m1/s1. The Bertz CT molecular complexity index is 1550. The number of benzene rings is 4. The van der Waals surface area contributed by atoms with Crippen molar-refractivity contribution >= 4 is 37.0 Å². The molecule has 0 bridgehead atoms. The van der Waals surface area contributed by atoms with E-state index in [0.29, 0.717) is 16.3 Å². The van der Waals surface area contributed by atoms with Crippen LogP contribution in [-0.4, -0.2) is 27.5 Å². The maximum absolute atomic E-state index is 14.1. The second-order valence-electron chi connectivity index (χ2n) is 8.31. The molecule has 0 amide bonds. The van der Waals surface area contributed by atoms with Crippen LogP contribution in [0.1, 0.15) is 11.6 Å². The van der Waals surface area contributed by atoms with Crippen molar-refractivity contribution in [2.45, 2.75) is 26.5 Å². The molecule has 36 heavy (non-hydrogen) atoms. The van der Waals surface area contributed by atoms with Gasteiger partial charge in [0.05, 0.1) is 15.5 Å². The average Bonchev–Trinajstić information content (AvgIpc) is 3.33. The molecule has 0 radical (unpaired) electrons. The topological polar surface area (TPSA) is 80.8 Å². The summed E-state index contributed by atoms with van der Waals surface area (Å²) in [7, 11) is -8.44. The summed E-state index contributed by atoms with van der Waals surface area (Å²) in [5, 5.41) is 0.390. The van der Waals surface area contributed by atoms with Crippen LogP contribution in [0.4, 0.5) is 5.69 Å². The van der Waals surface area contributed by atoms with Crippen LogP contribution in [-0.2, 0) is 24.5 Å². The van der Waals surface area contributed by atoms with Gasteiger partial charge in [-0.05, 0) is 54.1 Å². The minimum atomic E-state index is -4.24. The molecule has 4 aromatic rings. The van der Waals surface area contributed by atoms with E-state index >= 15 is 0 Å². The summed E-state index contributed by atoms with van der Waals surface area (Å²) >= 11 is 6.08. The van der Waals surface area contributed by atoms with E-state index in [4.69, 9.17) is 16.4 Å². The summed E-state index contributed by atoms with van der Waals surface area (Å²) < 4.78 is 56.1. The van der Waals surface area contributed by atoms with Gasteiger partial charge < -0.3 is 0 Å². The zero-order valence-corrected chi connectivity index (χ0v) is 21.3. The molecule has 1 fully saturated rings. The van der Waals surface area contributed by atoms with Crippen molar-refractivity contribution in [1.82, 2.24) is 0 Å². The Morgan fingerprint density at radius 2 is 1.08 bits per heavy atom. The van der Waals surface area contributed by atoms with Crippen molar-refractivity contribution in [2.24, 2.45) is 0 Å². The highest BCUT2D eigenvalue weighted by molar-refractivity contribution is 7.96. The highest BCUT2D eigenvalue weighted by Gasteiger charge is 2.57. The molecule has 0 N–H and O–H groups in total. The third kappa shape index (κ3) is 4.41. The van der Waals surface area contributed by atoms with Gasteiger partial charge in [0.25, 0.3) is 0 Å². The number of hydrogen-bond donors (Lipinski definition) is 0. The monoisotopic (exact) mass is 539 g/mol. The molecular weight excluding hydrogens is 518 g/mol. The fourth-order valence-corrected chi connectivity index (χ4v) is 8.68. The molecule has 0 spiro atoms. The first-order chi connectivity index (χ1) is 17.3. The molecule has 184 valence electrons. The molecule has 0 unspecified atom stereocenters. The number of hydroxylamine groups is 1. The van der Waals surface area contributed by atoms with E-state index in [1.165, 1.54) is 29.3 Å². The van der Waals surface area contributed by atoms with Crippen LogP contribution in [0.5, 0.6) is 0 Å². The molecule has 0 aliphatic carbocycles. The molecule has 1 heterocycles. The van der Waals surface area contributed by atoms with E-state index in [1.807, 2.05) is 6.07 Å². The summed E-state index contributed by atoms with van der Waals surface area (Å²) in [6.45, 7) is 0. The van der Waals surface area contributed by atoms with E-state index < -0.39 is 36.4 Å². The van der Waals surface area contributed by atoms with Gasteiger partial charge in [0.2, 0.25) is 15.3 Å². The third-order valence-corrected chi connectivity index (χ3v) is 10.6. The Kier molecular flexibility index (Phi) is 6.61. The van der Waals surface area contributed by atoms with Crippen molar-refractivity contribution in [1.29, 1.82) is 0 Å². The van der Waals surface area contributed by atoms with Crippen LogP contribution in [0, 0.1) is 0 Å². The molecule has 3 atom stereocenters. The lowest BCUT2D eigenvalue weighted by molar-refractivity contribution is 0.131. The smallest absolute Gasteiger partial charge is 0.210 e. The Hall–Kier alpha value is -3.17. The maximum atomic E-state index is 14.1. The number of sulfone groups is 2. The fraction of sp³-hybridized carbons (Fsp3) is 0.111. The molecule has 5 rings (SSSR count). The Labute approximate surface area is 215 Å². The number of halogens is 1. The summed E-state index contributed by atoms with van der Waals surface area (Å²) in [6, 6.07) is 30.2. The van der Waals surface area contributed by atoms with Crippen LogP contribution < -0.4 is 5.06 Å². The van der Waals surface area contributed by atoms with Gasteiger partial charge in [-0.25, -0.2) is 21.9 Å². The van der Waals surface area contributed by atoms with Crippen LogP contribution in [0.15, 0.2) is 125 Å². The minimum absolute atomic E-state index is 0.0192. The molecule has 6 nitrogen and oxygen atoms in total. The molecular formula is C27H22ClNO5S2. The summed E-state index contributed by atoms with van der Waals surface area (Å²) in [5.74, 6) is 0. The van der Waals surface area contributed by atoms with Crippen molar-refractivity contribution in [2.75, 3.05) is 5.06 Å². The van der Waals surface area contributed by atoms with Gasteiger partial charge in [0, 0.05) is 5.02 Å². The first kappa shape index (κ1) is 24.5. The SMILES string of the molecule is O=S(=O)(c1ccccc1)[C@@H]1[C@@H](c2ccccc2)N(c2ccc(Cl)cc2)O[C@H]1S(=O)(=O)c1ccccc1. The Morgan fingerprint density at radius 1 is 0.611 bits per heavy atom. The number of anilines is 1.